The smallest absolute Gasteiger partial charge is 0.213 e. The lowest BCUT2D eigenvalue weighted by Gasteiger charge is -2.04. The molecule has 5 nitrogen and oxygen atoms in total. The minimum absolute atomic E-state index is 0.610. The third kappa shape index (κ3) is 3.07. The van der Waals surface area contributed by atoms with Crippen LogP contribution in [0.4, 0.5) is 0 Å². The van der Waals surface area contributed by atoms with Gasteiger partial charge in [0, 0.05) is 18.8 Å². The van der Waals surface area contributed by atoms with E-state index in [1.165, 1.54) is 0 Å². The summed E-state index contributed by atoms with van der Waals surface area (Å²) >= 11 is 0. The van der Waals surface area contributed by atoms with Crippen LogP contribution in [0.5, 0.6) is 5.88 Å². The Bertz CT molecular complexity index is 503. The molecule has 0 saturated carbocycles. The van der Waals surface area contributed by atoms with Crippen LogP contribution in [0.3, 0.4) is 0 Å². The molecule has 0 bridgehead atoms. The van der Waals surface area contributed by atoms with Gasteiger partial charge in [0.25, 0.3) is 0 Å². The molecule has 2 aromatic rings. The van der Waals surface area contributed by atoms with Gasteiger partial charge in [0.1, 0.15) is 5.76 Å². The lowest BCUT2D eigenvalue weighted by atomic mass is 10.2. The Labute approximate surface area is 106 Å². The first-order valence-electron chi connectivity index (χ1n) is 5.81. The van der Waals surface area contributed by atoms with E-state index < -0.39 is 0 Å². The quantitative estimate of drug-likeness (QED) is 0.875. The molecule has 0 saturated heterocycles. The van der Waals surface area contributed by atoms with Crippen LogP contribution in [-0.4, -0.2) is 17.1 Å². The molecule has 0 fully saturated rings. The topological polar surface area (TPSA) is 60.2 Å². The van der Waals surface area contributed by atoms with Gasteiger partial charge in [0.15, 0.2) is 0 Å². The molecular formula is C13H17N3O2. The lowest BCUT2D eigenvalue weighted by molar-refractivity contribution is 0.397. The molecule has 0 aliphatic carbocycles. The number of hydrogen-bond acceptors (Lipinski definition) is 5. The molecule has 96 valence electrons. The largest absolute Gasteiger partial charge is 0.481 e. The predicted molar refractivity (Wildman–Crippen MR) is 67.3 cm³/mol. The maximum atomic E-state index is 5.49. The van der Waals surface area contributed by atoms with Crippen molar-refractivity contribution in [3.05, 3.63) is 41.2 Å². The van der Waals surface area contributed by atoms with E-state index >= 15 is 0 Å². The normalized spacial score (nSPS) is 10.6. The van der Waals surface area contributed by atoms with E-state index in [9.17, 15) is 0 Å². The fraction of sp³-hybridized carbons (Fsp3) is 0.385. The number of methoxy groups -OCH3 is 1. The number of nitrogens with zero attached hydrogens (tertiary/aromatic N) is 2. The number of hydrogen-bond donors (Lipinski definition) is 1. The first-order chi connectivity index (χ1) is 8.69. The molecule has 0 aliphatic heterocycles. The van der Waals surface area contributed by atoms with Gasteiger partial charge >= 0.3 is 0 Å². The predicted octanol–water partition coefficient (Wildman–Crippen LogP) is 1.98. The Kier molecular flexibility index (Phi) is 3.94. The Morgan fingerprint density at radius 3 is 2.83 bits per heavy atom. The van der Waals surface area contributed by atoms with Crippen molar-refractivity contribution in [1.82, 2.24) is 15.3 Å². The Morgan fingerprint density at radius 2 is 2.17 bits per heavy atom. The Hall–Kier alpha value is -1.88. The SMILES string of the molecule is COc1cc(CNCc2nc(C)c(C)o2)ccn1. The van der Waals surface area contributed by atoms with Crippen molar-refractivity contribution in [3.63, 3.8) is 0 Å². The summed E-state index contributed by atoms with van der Waals surface area (Å²) in [5, 5.41) is 3.27. The number of pyridine rings is 1. The second kappa shape index (κ2) is 5.64. The van der Waals surface area contributed by atoms with Crippen LogP contribution in [0.15, 0.2) is 22.7 Å². The van der Waals surface area contributed by atoms with Crippen LogP contribution in [0.1, 0.15) is 22.9 Å². The monoisotopic (exact) mass is 247 g/mol. The molecule has 0 spiro atoms. The number of nitrogens with one attached hydrogen (secondary N) is 1. The summed E-state index contributed by atoms with van der Waals surface area (Å²) in [4.78, 5) is 8.37. The van der Waals surface area contributed by atoms with Crippen molar-refractivity contribution in [2.75, 3.05) is 7.11 Å². The van der Waals surface area contributed by atoms with Crippen LogP contribution in [0.2, 0.25) is 0 Å². The van der Waals surface area contributed by atoms with Crippen LogP contribution >= 0.6 is 0 Å². The Balaban J connectivity index is 1.88. The molecule has 2 rings (SSSR count). The average molecular weight is 247 g/mol. The summed E-state index contributed by atoms with van der Waals surface area (Å²) in [7, 11) is 1.61. The highest BCUT2D eigenvalue weighted by atomic mass is 16.5. The van der Waals surface area contributed by atoms with Gasteiger partial charge in [-0.05, 0) is 25.5 Å². The standard InChI is InChI=1S/C13H17N3O2/c1-9-10(2)18-13(16-9)8-14-7-11-4-5-15-12(6-11)17-3/h4-6,14H,7-8H2,1-3H3. The maximum Gasteiger partial charge on any atom is 0.213 e. The van der Waals surface area contributed by atoms with E-state index in [-0.39, 0.29) is 0 Å². The van der Waals surface area contributed by atoms with Gasteiger partial charge in [-0.3, -0.25) is 0 Å². The minimum Gasteiger partial charge on any atom is -0.481 e. The van der Waals surface area contributed by atoms with E-state index in [4.69, 9.17) is 9.15 Å². The number of ether oxygens (including phenoxy) is 1. The van der Waals surface area contributed by atoms with Crippen LogP contribution in [-0.2, 0) is 13.1 Å². The maximum absolute atomic E-state index is 5.49. The van der Waals surface area contributed by atoms with Crippen molar-refractivity contribution < 1.29 is 9.15 Å². The van der Waals surface area contributed by atoms with Gasteiger partial charge in [0.05, 0.1) is 19.3 Å². The second-order valence-corrected chi connectivity index (χ2v) is 4.06. The summed E-state index contributed by atoms with van der Waals surface area (Å²) in [5.41, 5.74) is 2.05. The van der Waals surface area contributed by atoms with E-state index in [1.54, 1.807) is 13.3 Å². The zero-order valence-corrected chi connectivity index (χ0v) is 10.9. The summed E-state index contributed by atoms with van der Waals surface area (Å²) < 4.78 is 10.6. The number of rotatable bonds is 5. The Morgan fingerprint density at radius 1 is 1.33 bits per heavy atom. The van der Waals surface area contributed by atoms with Gasteiger partial charge in [-0.2, -0.15) is 0 Å². The fourth-order valence-corrected chi connectivity index (χ4v) is 1.60. The molecule has 0 aromatic carbocycles. The van der Waals surface area contributed by atoms with Crippen LogP contribution < -0.4 is 10.1 Å². The lowest BCUT2D eigenvalue weighted by Crippen LogP contribution is -2.13. The first-order valence-corrected chi connectivity index (χ1v) is 5.81. The molecule has 2 heterocycles. The molecule has 0 radical (unpaired) electrons. The van der Waals surface area contributed by atoms with E-state index in [0.29, 0.717) is 18.3 Å². The molecular weight excluding hydrogens is 230 g/mol. The summed E-state index contributed by atoms with van der Waals surface area (Å²) in [6.07, 6.45) is 1.73. The van der Waals surface area contributed by atoms with Crippen molar-refractivity contribution >= 4 is 0 Å². The van der Waals surface area contributed by atoms with E-state index in [1.807, 2.05) is 26.0 Å². The van der Waals surface area contributed by atoms with Gasteiger partial charge in [0.2, 0.25) is 11.8 Å². The van der Waals surface area contributed by atoms with E-state index in [2.05, 4.69) is 15.3 Å². The van der Waals surface area contributed by atoms with Gasteiger partial charge in [-0.15, -0.1) is 0 Å². The average Bonchev–Trinajstić information content (AvgIpc) is 2.69. The molecule has 1 N–H and O–H groups in total. The molecule has 0 amide bonds. The highest BCUT2D eigenvalue weighted by Crippen LogP contribution is 2.10. The fourth-order valence-electron chi connectivity index (χ4n) is 1.60. The second-order valence-electron chi connectivity index (χ2n) is 4.06. The van der Waals surface area contributed by atoms with Crippen molar-refractivity contribution in [2.24, 2.45) is 0 Å². The van der Waals surface area contributed by atoms with Crippen LogP contribution in [0.25, 0.3) is 0 Å². The zero-order valence-electron chi connectivity index (χ0n) is 10.9. The first kappa shape index (κ1) is 12.6. The molecule has 0 atom stereocenters. The molecule has 2 aromatic heterocycles. The van der Waals surface area contributed by atoms with Crippen molar-refractivity contribution in [3.8, 4) is 5.88 Å². The zero-order chi connectivity index (χ0) is 13.0. The molecule has 5 heteroatoms. The third-order valence-corrected chi connectivity index (χ3v) is 2.69. The van der Waals surface area contributed by atoms with E-state index in [0.717, 1.165) is 23.6 Å². The summed E-state index contributed by atoms with van der Waals surface area (Å²) in [6, 6.07) is 3.85. The number of aryl methyl sites for hydroxylation is 2. The highest BCUT2D eigenvalue weighted by molar-refractivity contribution is 5.20. The molecule has 18 heavy (non-hydrogen) atoms. The van der Waals surface area contributed by atoms with Crippen molar-refractivity contribution in [1.29, 1.82) is 0 Å². The van der Waals surface area contributed by atoms with Crippen LogP contribution in [0, 0.1) is 13.8 Å². The van der Waals surface area contributed by atoms with Gasteiger partial charge in [-0.25, -0.2) is 9.97 Å². The molecule has 0 aliphatic rings. The number of oxazole rings is 1. The van der Waals surface area contributed by atoms with Crippen molar-refractivity contribution in [2.45, 2.75) is 26.9 Å². The highest BCUT2D eigenvalue weighted by Gasteiger charge is 2.04. The summed E-state index contributed by atoms with van der Waals surface area (Å²) in [6.45, 7) is 5.19. The minimum atomic E-state index is 0.610. The third-order valence-electron chi connectivity index (χ3n) is 2.69. The van der Waals surface area contributed by atoms with Gasteiger partial charge in [-0.1, -0.05) is 0 Å². The molecule has 0 unspecified atom stereocenters. The summed E-state index contributed by atoms with van der Waals surface area (Å²) in [5.74, 6) is 2.21. The van der Waals surface area contributed by atoms with Gasteiger partial charge < -0.3 is 14.5 Å². The number of aromatic nitrogens is 2.